The monoisotopic (exact) mass is 278 g/mol. The first-order valence-electron chi connectivity index (χ1n) is 6.13. The molecule has 0 aliphatic rings. The summed E-state index contributed by atoms with van der Waals surface area (Å²) in [5.74, 6) is 7.90. The number of nitrogen functional groups attached to an aromatic ring is 1. The molecule has 2 rings (SSSR count). The fourth-order valence-electron chi connectivity index (χ4n) is 1.79. The third-order valence-corrected chi connectivity index (χ3v) is 2.82. The fraction of sp³-hybridized carbons (Fsp3) is 0.417. The van der Waals surface area contributed by atoms with Crippen molar-refractivity contribution in [1.82, 2.24) is 15.1 Å². The number of anilines is 2. The van der Waals surface area contributed by atoms with Gasteiger partial charge in [-0.05, 0) is 13.8 Å². The molecule has 0 radical (unpaired) electrons. The molecule has 0 amide bonds. The summed E-state index contributed by atoms with van der Waals surface area (Å²) in [4.78, 5) is 8.51. The van der Waals surface area contributed by atoms with E-state index < -0.39 is 0 Å². The van der Waals surface area contributed by atoms with Crippen LogP contribution in [0.3, 0.4) is 0 Å². The van der Waals surface area contributed by atoms with Gasteiger partial charge >= 0.3 is 0 Å². The van der Waals surface area contributed by atoms with E-state index in [0.717, 1.165) is 17.0 Å². The Labute approximate surface area is 116 Å². The van der Waals surface area contributed by atoms with E-state index in [0.29, 0.717) is 30.6 Å². The molecular weight excluding hydrogens is 260 g/mol. The SMILES string of the molecule is COCc1nc(NN)cc(NCc2c(C)noc2C)n1. The highest BCUT2D eigenvalue weighted by Crippen LogP contribution is 2.16. The Morgan fingerprint density at radius 1 is 1.30 bits per heavy atom. The molecule has 0 bridgehead atoms. The van der Waals surface area contributed by atoms with Crippen molar-refractivity contribution in [3.63, 3.8) is 0 Å². The second kappa shape index (κ2) is 6.31. The van der Waals surface area contributed by atoms with Gasteiger partial charge in [-0.3, -0.25) is 0 Å². The average Bonchev–Trinajstić information content (AvgIpc) is 2.76. The zero-order chi connectivity index (χ0) is 14.5. The van der Waals surface area contributed by atoms with Gasteiger partial charge < -0.3 is 20.0 Å². The van der Waals surface area contributed by atoms with Gasteiger partial charge in [-0.1, -0.05) is 5.16 Å². The van der Waals surface area contributed by atoms with Crippen LogP contribution in [0.1, 0.15) is 22.8 Å². The van der Waals surface area contributed by atoms with Crippen molar-refractivity contribution in [3.05, 3.63) is 28.9 Å². The molecule has 0 fully saturated rings. The summed E-state index contributed by atoms with van der Waals surface area (Å²) in [7, 11) is 1.59. The standard InChI is InChI=1S/C12H18N6O2/c1-7-9(8(2)20-18-7)5-14-10-4-11(17-13)16-12(15-10)6-19-3/h4H,5-6,13H2,1-3H3,(H2,14,15,16,17). The summed E-state index contributed by atoms with van der Waals surface area (Å²) >= 11 is 0. The molecule has 8 heteroatoms. The maximum atomic E-state index is 5.39. The van der Waals surface area contributed by atoms with Gasteiger partial charge in [0.25, 0.3) is 0 Å². The van der Waals surface area contributed by atoms with Crippen molar-refractivity contribution in [2.75, 3.05) is 17.9 Å². The molecule has 4 N–H and O–H groups in total. The molecule has 0 atom stereocenters. The van der Waals surface area contributed by atoms with Crippen LogP contribution in [-0.2, 0) is 17.9 Å². The van der Waals surface area contributed by atoms with Crippen LogP contribution < -0.4 is 16.6 Å². The van der Waals surface area contributed by atoms with Gasteiger partial charge in [-0.25, -0.2) is 15.8 Å². The lowest BCUT2D eigenvalue weighted by Crippen LogP contribution is -2.13. The van der Waals surface area contributed by atoms with Crippen molar-refractivity contribution >= 4 is 11.6 Å². The topological polar surface area (TPSA) is 111 Å². The van der Waals surface area contributed by atoms with E-state index in [1.807, 2.05) is 13.8 Å². The van der Waals surface area contributed by atoms with Crippen molar-refractivity contribution in [3.8, 4) is 0 Å². The van der Waals surface area contributed by atoms with Crippen molar-refractivity contribution < 1.29 is 9.26 Å². The minimum Gasteiger partial charge on any atom is -0.377 e. The Kier molecular flexibility index (Phi) is 4.49. The third kappa shape index (κ3) is 3.22. The molecule has 0 saturated heterocycles. The lowest BCUT2D eigenvalue weighted by Gasteiger charge is -2.09. The number of nitrogens with zero attached hydrogens (tertiary/aromatic N) is 3. The van der Waals surface area contributed by atoms with Gasteiger partial charge in [0, 0.05) is 25.3 Å². The van der Waals surface area contributed by atoms with Crippen LogP contribution >= 0.6 is 0 Å². The smallest absolute Gasteiger partial charge is 0.158 e. The largest absolute Gasteiger partial charge is 0.377 e. The molecule has 8 nitrogen and oxygen atoms in total. The number of nitrogens with two attached hydrogens (primary N) is 1. The predicted octanol–water partition coefficient (Wildman–Crippen LogP) is 1.13. The highest BCUT2D eigenvalue weighted by atomic mass is 16.5. The van der Waals surface area contributed by atoms with Crippen LogP contribution in [0.2, 0.25) is 0 Å². The number of aryl methyl sites for hydroxylation is 2. The van der Waals surface area contributed by atoms with Crippen LogP contribution in [-0.4, -0.2) is 22.2 Å². The van der Waals surface area contributed by atoms with Gasteiger partial charge in [-0.2, -0.15) is 0 Å². The van der Waals surface area contributed by atoms with Crippen molar-refractivity contribution in [1.29, 1.82) is 0 Å². The number of rotatable bonds is 6. The maximum Gasteiger partial charge on any atom is 0.158 e. The minimum absolute atomic E-state index is 0.315. The molecule has 0 spiro atoms. The average molecular weight is 278 g/mol. The van der Waals surface area contributed by atoms with Gasteiger partial charge in [0.2, 0.25) is 0 Å². The van der Waals surface area contributed by atoms with Crippen molar-refractivity contribution in [2.24, 2.45) is 5.84 Å². The Bertz CT molecular complexity index is 564. The second-order valence-corrected chi connectivity index (χ2v) is 4.29. The van der Waals surface area contributed by atoms with Crippen molar-refractivity contribution in [2.45, 2.75) is 27.0 Å². The summed E-state index contributed by atoms with van der Waals surface area (Å²) in [5.41, 5.74) is 4.38. The highest BCUT2D eigenvalue weighted by Gasteiger charge is 2.10. The Morgan fingerprint density at radius 3 is 2.65 bits per heavy atom. The number of hydrogen-bond acceptors (Lipinski definition) is 8. The van der Waals surface area contributed by atoms with E-state index in [1.54, 1.807) is 13.2 Å². The Hall–Kier alpha value is -2.19. The molecule has 108 valence electrons. The van der Waals surface area contributed by atoms with E-state index in [1.165, 1.54) is 0 Å². The molecular formula is C12H18N6O2. The highest BCUT2D eigenvalue weighted by molar-refractivity contribution is 5.47. The third-order valence-electron chi connectivity index (χ3n) is 2.82. The number of hydrazine groups is 1. The van der Waals surface area contributed by atoms with Gasteiger partial charge in [0.1, 0.15) is 24.0 Å². The molecule has 0 aliphatic carbocycles. The van der Waals surface area contributed by atoms with Crippen LogP contribution in [0, 0.1) is 13.8 Å². The normalized spacial score (nSPS) is 10.6. The molecule has 0 saturated carbocycles. The maximum absolute atomic E-state index is 5.39. The predicted molar refractivity (Wildman–Crippen MR) is 73.9 cm³/mol. The molecule has 2 heterocycles. The first-order chi connectivity index (χ1) is 9.63. The lowest BCUT2D eigenvalue weighted by molar-refractivity contribution is 0.178. The van der Waals surface area contributed by atoms with Gasteiger partial charge in [0.05, 0.1) is 5.69 Å². The number of aromatic nitrogens is 3. The first kappa shape index (κ1) is 14.2. The summed E-state index contributed by atoms with van der Waals surface area (Å²) in [6.07, 6.45) is 0. The van der Waals surface area contributed by atoms with E-state index in [4.69, 9.17) is 15.1 Å². The number of methoxy groups -OCH3 is 1. The number of ether oxygens (including phenoxy) is 1. The Balaban J connectivity index is 2.14. The van der Waals surface area contributed by atoms with Crippen LogP contribution in [0.15, 0.2) is 10.6 Å². The zero-order valence-corrected chi connectivity index (χ0v) is 11.7. The first-order valence-corrected chi connectivity index (χ1v) is 6.13. The number of hydrogen-bond donors (Lipinski definition) is 3. The van der Waals surface area contributed by atoms with Crippen LogP contribution in [0.4, 0.5) is 11.6 Å². The quantitative estimate of drug-likeness (QED) is 0.532. The molecule has 2 aromatic heterocycles. The van der Waals surface area contributed by atoms with E-state index in [2.05, 4.69) is 25.9 Å². The van der Waals surface area contributed by atoms with E-state index >= 15 is 0 Å². The summed E-state index contributed by atoms with van der Waals surface area (Å²) < 4.78 is 10.1. The van der Waals surface area contributed by atoms with E-state index in [-0.39, 0.29) is 0 Å². The minimum atomic E-state index is 0.315. The molecule has 0 aliphatic heterocycles. The van der Waals surface area contributed by atoms with Gasteiger partial charge in [0.15, 0.2) is 5.82 Å². The number of nitrogens with one attached hydrogen (secondary N) is 2. The summed E-state index contributed by atoms with van der Waals surface area (Å²) in [6, 6.07) is 1.72. The second-order valence-electron chi connectivity index (χ2n) is 4.29. The van der Waals surface area contributed by atoms with E-state index in [9.17, 15) is 0 Å². The van der Waals surface area contributed by atoms with Crippen LogP contribution in [0.5, 0.6) is 0 Å². The molecule has 0 aromatic carbocycles. The lowest BCUT2D eigenvalue weighted by atomic mass is 10.2. The van der Waals surface area contributed by atoms with Gasteiger partial charge in [-0.15, -0.1) is 0 Å². The molecule has 0 unspecified atom stereocenters. The zero-order valence-electron chi connectivity index (χ0n) is 11.7. The molecule has 20 heavy (non-hydrogen) atoms. The Morgan fingerprint density at radius 2 is 2.05 bits per heavy atom. The fourth-order valence-corrected chi connectivity index (χ4v) is 1.79. The summed E-state index contributed by atoms with van der Waals surface area (Å²) in [5, 5.41) is 7.11. The molecule has 2 aromatic rings. The van der Waals surface area contributed by atoms with Crippen LogP contribution in [0.25, 0.3) is 0 Å². The summed E-state index contributed by atoms with van der Waals surface area (Å²) in [6.45, 7) is 4.65.